The summed E-state index contributed by atoms with van der Waals surface area (Å²) in [6, 6.07) is 10.5. The minimum absolute atomic E-state index is 0.220. The maximum atomic E-state index is 11.0. The molecule has 3 rings (SSSR count). The van der Waals surface area contributed by atoms with Crippen LogP contribution in [0.4, 0.5) is 0 Å². The lowest BCUT2D eigenvalue weighted by Crippen LogP contribution is -1.99. The molecular formula is C15H10BrClN2O2. The number of hydrogen-bond acceptors (Lipinski definition) is 2. The molecule has 0 aliphatic carbocycles. The first kappa shape index (κ1) is 14.1. The quantitative estimate of drug-likeness (QED) is 0.730. The van der Waals surface area contributed by atoms with Crippen LogP contribution in [-0.4, -0.2) is 20.6 Å². The number of nitrogens with zero attached hydrogens (tertiary/aromatic N) is 2. The highest BCUT2D eigenvalue weighted by molar-refractivity contribution is 9.10. The monoisotopic (exact) mass is 364 g/mol. The summed E-state index contributed by atoms with van der Waals surface area (Å²) in [4.78, 5) is 15.5. The summed E-state index contributed by atoms with van der Waals surface area (Å²) in [5, 5.41) is 9.67. The van der Waals surface area contributed by atoms with Crippen LogP contribution in [0.2, 0.25) is 5.02 Å². The predicted molar refractivity (Wildman–Crippen MR) is 85.5 cm³/mol. The Balaban J connectivity index is 2.30. The average molecular weight is 366 g/mol. The van der Waals surface area contributed by atoms with E-state index in [0.29, 0.717) is 10.5 Å². The van der Waals surface area contributed by atoms with E-state index in [1.54, 1.807) is 24.3 Å². The Labute approximate surface area is 134 Å². The first-order valence-electron chi connectivity index (χ1n) is 6.16. The number of fused-ring (bicyclic) bond motifs is 1. The van der Waals surface area contributed by atoms with Crippen molar-refractivity contribution in [2.75, 3.05) is 0 Å². The molecule has 21 heavy (non-hydrogen) atoms. The van der Waals surface area contributed by atoms with Crippen LogP contribution in [0.5, 0.6) is 0 Å². The number of carboxylic acid groups (broad SMARTS) is 1. The molecule has 0 aliphatic heterocycles. The molecule has 1 heterocycles. The van der Waals surface area contributed by atoms with Gasteiger partial charge in [0.1, 0.15) is 5.82 Å². The highest BCUT2D eigenvalue weighted by Crippen LogP contribution is 2.32. The molecule has 3 aromatic rings. The lowest BCUT2D eigenvalue weighted by molar-refractivity contribution is 0.0697. The Morgan fingerprint density at radius 2 is 2.10 bits per heavy atom. The Bertz CT molecular complexity index is 873. The number of aryl methyl sites for hydroxylation is 1. The fraction of sp³-hybridized carbons (Fsp3) is 0.0667. The van der Waals surface area contributed by atoms with Crippen LogP contribution in [0.1, 0.15) is 16.2 Å². The number of aromatic carboxylic acids is 1. The van der Waals surface area contributed by atoms with E-state index < -0.39 is 5.97 Å². The fourth-order valence-electron chi connectivity index (χ4n) is 2.30. The van der Waals surface area contributed by atoms with Crippen LogP contribution in [0.3, 0.4) is 0 Å². The van der Waals surface area contributed by atoms with Crippen molar-refractivity contribution >= 4 is 44.5 Å². The molecule has 0 spiro atoms. The minimum atomic E-state index is -0.965. The van der Waals surface area contributed by atoms with Crippen molar-refractivity contribution in [3.63, 3.8) is 0 Å². The van der Waals surface area contributed by atoms with Crippen LogP contribution in [-0.2, 0) is 0 Å². The Morgan fingerprint density at radius 1 is 1.33 bits per heavy atom. The van der Waals surface area contributed by atoms with Gasteiger partial charge in [-0.3, -0.25) is 4.57 Å². The van der Waals surface area contributed by atoms with E-state index in [4.69, 9.17) is 16.7 Å². The van der Waals surface area contributed by atoms with Crippen LogP contribution in [0.25, 0.3) is 16.7 Å². The largest absolute Gasteiger partial charge is 0.478 e. The van der Waals surface area contributed by atoms with Gasteiger partial charge in [-0.2, -0.15) is 0 Å². The smallest absolute Gasteiger partial charge is 0.335 e. The van der Waals surface area contributed by atoms with E-state index in [1.807, 2.05) is 23.6 Å². The molecule has 106 valence electrons. The molecule has 4 nitrogen and oxygen atoms in total. The van der Waals surface area contributed by atoms with Gasteiger partial charge in [-0.15, -0.1) is 0 Å². The van der Waals surface area contributed by atoms with E-state index in [0.717, 1.165) is 21.5 Å². The molecule has 0 fully saturated rings. The third-order valence-electron chi connectivity index (χ3n) is 3.24. The van der Waals surface area contributed by atoms with Gasteiger partial charge >= 0.3 is 5.97 Å². The molecule has 0 unspecified atom stereocenters. The van der Waals surface area contributed by atoms with E-state index >= 15 is 0 Å². The first-order chi connectivity index (χ1) is 9.99. The third kappa shape index (κ3) is 2.32. The van der Waals surface area contributed by atoms with Crippen LogP contribution in [0, 0.1) is 6.92 Å². The predicted octanol–water partition coefficient (Wildman–Crippen LogP) is 4.45. The summed E-state index contributed by atoms with van der Waals surface area (Å²) in [6.45, 7) is 1.87. The third-order valence-corrected chi connectivity index (χ3v) is 4.62. The molecule has 0 aliphatic rings. The summed E-state index contributed by atoms with van der Waals surface area (Å²) < 4.78 is 2.72. The van der Waals surface area contributed by atoms with Gasteiger partial charge in [0.15, 0.2) is 0 Å². The second kappa shape index (κ2) is 5.16. The summed E-state index contributed by atoms with van der Waals surface area (Å²) >= 11 is 9.63. The van der Waals surface area contributed by atoms with Crippen molar-refractivity contribution in [2.45, 2.75) is 6.92 Å². The number of halogens is 2. The number of carboxylic acids is 1. The number of imidazole rings is 1. The Hall–Kier alpha value is -1.85. The summed E-state index contributed by atoms with van der Waals surface area (Å²) in [5.74, 6) is -0.205. The molecule has 0 atom stereocenters. The SMILES string of the molecule is Cc1nc2cc(C(=O)O)ccc2n1-c1cccc(Cl)c1Br. The van der Waals surface area contributed by atoms with Gasteiger partial charge in [0.05, 0.1) is 31.8 Å². The van der Waals surface area contributed by atoms with Gasteiger partial charge in [-0.25, -0.2) is 9.78 Å². The molecule has 1 aromatic heterocycles. The van der Waals surface area contributed by atoms with Crippen molar-refractivity contribution in [2.24, 2.45) is 0 Å². The van der Waals surface area contributed by atoms with Crippen LogP contribution in [0.15, 0.2) is 40.9 Å². The van der Waals surface area contributed by atoms with E-state index in [1.165, 1.54) is 0 Å². The van der Waals surface area contributed by atoms with E-state index in [9.17, 15) is 4.79 Å². The van der Waals surface area contributed by atoms with Gasteiger partial charge in [0.25, 0.3) is 0 Å². The highest BCUT2D eigenvalue weighted by atomic mass is 79.9. The van der Waals surface area contributed by atoms with Crippen LogP contribution < -0.4 is 0 Å². The standard InChI is InChI=1S/C15H10BrClN2O2/c1-8-18-11-7-9(15(20)21)5-6-12(11)19(8)13-4-2-3-10(17)14(13)16/h2-7H,1H3,(H,20,21). The average Bonchev–Trinajstić information content (AvgIpc) is 2.77. The number of aromatic nitrogens is 2. The van der Waals surface area contributed by atoms with Crippen molar-refractivity contribution in [1.82, 2.24) is 9.55 Å². The van der Waals surface area contributed by atoms with Crippen molar-refractivity contribution in [3.05, 3.63) is 57.3 Å². The molecule has 6 heteroatoms. The number of carbonyl (C=O) groups is 1. The maximum Gasteiger partial charge on any atom is 0.335 e. The van der Waals surface area contributed by atoms with E-state index in [2.05, 4.69) is 20.9 Å². The van der Waals surface area contributed by atoms with Gasteiger partial charge in [0, 0.05) is 0 Å². The topological polar surface area (TPSA) is 55.1 Å². The second-order valence-corrected chi connectivity index (χ2v) is 5.78. The number of hydrogen-bond donors (Lipinski definition) is 1. The Morgan fingerprint density at radius 3 is 2.81 bits per heavy atom. The van der Waals surface area contributed by atoms with Gasteiger partial charge in [-0.05, 0) is 53.2 Å². The normalized spacial score (nSPS) is 11.0. The minimum Gasteiger partial charge on any atom is -0.478 e. The molecular weight excluding hydrogens is 356 g/mol. The molecule has 0 amide bonds. The van der Waals surface area contributed by atoms with Crippen molar-refractivity contribution in [3.8, 4) is 5.69 Å². The summed E-state index contributed by atoms with van der Waals surface area (Å²) in [6.07, 6.45) is 0. The zero-order valence-electron chi connectivity index (χ0n) is 11.0. The molecule has 0 radical (unpaired) electrons. The van der Waals surface area contributed by atoms with Gasteiger partial charge in [-0.1, -0.05) is 17.7 Å². The Kier molecular flexibility index (Phi) is 3.47. The zero-order valence-corrected chi connectivity index (χ0v) is 13.3. The lowest BCUT2D eigenvalue weighted by Gasteiger charge is -2.10. The molecule has 0 saturated heterocycles. The maximum absolute atomic E-state index is 11.0. The van der Waals surface area contributed by atoms with Crippen molar-refractivity contribution in [1.29, 1.82) is 0 Å². The fourth-order valence-corrected chi connectivity index (χ4v) is 2.91. The highest BCUT2D eigenvalue weighted by Gasteiger charge is 2.14. The molecule has 1 N–H and O–H groups in total. The number of rotatable bonds is 2. The van der Waals surface area contributed by atoms with E-state index in [-0.39, 0.29) is 5.56 Å². The summed E-state index contributed by atoms with van der Waals surface area (Å²) in [5.41, 5.74) is 2.56. The van der Waals surface area contributed by atoms with Crippen molar-refractivity contribution < 1.29 is 9.90 Å². The molecule has 2 aromatic carbocycles. The number of benzene rings is 2. The second-order valence-electron chi connectivity index (χ2n) is 4.58. The molecule has 0 bridgehead atoms. The van der Waals surface area contributed by atoms with Gasteiger partial charge < -0.3 is 5.11 Å². The van der Waals surface area contributed by atoms with Gasteiger partial charge in [0.2, 0.25) is 0 Å². The van der Waals surface area contributed by atoms with Crippen LogP contribution >= 0.6 is 27.5 Å². The molecule has 0 saturated carbocycles. The zero-order chi connectivity index (χ0) is 15.1. The first-order valence-corrected chi connectivity index (χ1v) is 7.33. The lowest BCUT2D eigenvalue weighted by atomic mass is 10.2. The summed E-state index contributed by atoms with van der Waals surface area (Å²) in [7, 11) is 0.